The van der Waals surface area contributed by atoms with Gasteiger partial charge in [-0.25, -0.2) is 13.2 Å². The lowest BCUT2D eigenvalue weighted by molar-refractivity contribution is 0.0160. The van der Waals surface area contributed by atoms with Gasteiger partial charge in [0.15, 0.2) is 0 Å². The molecule has 3 aromatic carbocycles. The van der Waals surface area contributed by atoms with Gasteiger partial charge >= 0.3 is 6.09 Å². The Labute approximate surface area is 256 Å². The highest BCUT2D eigenvalue weighted by atomic mass is 35.5. The summed E-state index contributed by atoms with van der Waals surface area (Å²) in [6, 6.07) is 17.0. The fourth-order valence-corrected chi connectivity index (χ4v) is 5.87. The van der Waals surface area contributed by atoms with E-state index in [1.54, 1.807) is 41.1 Å². The molecule has 0 radical (unpaired) electrons. The first-order valence-electron chi connectivity index (χ1n) is 13.3. The molecule has 1 N–H and O–H groups in total. The summed E-state index contributed by atoms with van der Waals surface area (Å²) in [6.07, 6.45) is 0.710. The third-order valence-electron chi connectivity index (χ3n) is 6.64. The van der Waals surface area contributed by atoms with Gasteiger partial charge in [0.2, 0.25) is 0 Å². The van der Waals surface area contributed by atoms with Crippen molar-refractivity contribution >= 4 is 50.9 Å². The van der Waals surface area contributed by atoms with Crippen LogP contribution in [0.1, 0.15) is 44.0 Å². The van der Waals surface area contributed by atoms with Gasteiger partial charge in [0.25, 0.3) is 15.9 Å². The molecule has 0 aliphatic carbocycles. The maximum atomic E-state index is 13.6. The van der Waals surface area contributed by atoms with Gasteiger partial charge in [-0.2, -0.15) is 0 Å². The number of rotatable bonds is 7. The summed E-state index contributed by atoms with van der Waals surface area (Å²) in [5.41, 5.74) is -0.385. The number of sulfonamides is 1. The summed E-state index contributed by atoms with van der Waals surface area (Å²) in [6.45, 7) is 6.30. The van der Waals surface area contributed by atoms with Crippen LogP contribution in [0.25, 0.3) is 0 Å². The molecule has 12 heteroatoms. The van der Waals surface area contributed by atoms with Gasteiger partial charge in [-0.1, -0.05) is 35.3 Å². The van der Waals surface area contributed by atoms with Gasteiger partial charge in [-0.05, 0) is 88.2 Å². The first-order valence-corrected chi connectivity index (χ1v) is 15.6. The first-order chi connectivity index (χ1) is 19.7. The van der Waals surface area contributed by atoms with E-state index >= 15 is 0 Å². The molecule has 3 aromatic rings. The van der Waals surface area contributed by atoms with Crippen molar-refractivity contribution in [2.45, 2.75) is 50.2 Å². The van der Waals surface area contributed by atoms with E-state index in [1.807, 2.05) is 20.8 Å². The van der Waals surface area contributed by atoms with Crippen LogP contribution in [0.3, 0.4) is 0 Å². The predicted octanol–water partition coefficient (Wildman–Crippen LogP) is 7.06. The highest BCUT2D eigenvalue weighted by Crippen LogP contribution is 2.31. The van der Waals surface area contributed by atoms with Crippen molar-refractivity contribution in [3.8, 4) is 11.5 Å². The number of piperidine rings is 1. The summed E-state index contributed by atoms with van der Waals surface area (Å²) < 4.78 is 40.3. The number of carbonyl (C=O) groups is 2. The molecular formula is C30H33Cl2N3O6S. The Morgan fingerprint density at radius 1 is 0.976 bits per heavy atom. The average molecular weight is 635 g/mol. The minimum atomic E-state index is -4.07. The molecule has 1 fully saturated rings. The molecule has 2 amide bonds. The van der Waals surface area contributed by atoms with Crippen LogP contribution < -0.4 is 9.46 Å². The van der Waals surface area contributed by atoms with Crippen molar-refractivity contribution in [2.24, 2.45) is 0 Å². The zero-order chi connectivity index (χ0) is 30.7. The smallest absolute Gasteiger partial charge is 0.410 e. The lowest BCUT2D eigenvalue weighted by atomic mass is 10.0. The molecule has 0 atom stereocenters. The average Bonchev–Trinajstić information content (AvgIpc) is 2.94. The third-order valence-corrected chi connectivity index (χ3v) is 8.57. The molecule has 1 aliphatic heterocycles. The molecule has 0 spiro atoms. The Kier molecular flexibility index (Phi) is 9.60. The lowest BCUT2D eigenvalue weighted by Crippen LogP contribution is -2.48. The Hall–Kier alpha value is -3.47. The lowest BCUT2D eigenvalue weighted by Gasteiger charge is -2.37. The SMILES string of the molecule is CN(C(=O)c1cc(Cl)ccc1NS(=O)(=O)c1ccc(Oc2ccccc2Cl)cc1)C1CCN(C(=O)OC(C)(C)C)CC1. The zero-order valence-electron chi connectivity index (χ0n) is 23.8. The van der Waals surface area contributed by atoms with Crippen LogP contribution in [0.2, 0.25) is 10.0 Å². The molecular weight excluding hydrogens is 601 g/mol. The molecule has 0 bridgehead atoms. The predicted molar refractivity (Wildman–Crippen MR) is 163 cm³/mol. The van der Waals surface area contributed by atoms with Crippen molar-refractivity contribution < 1.29 is 27.5 Å². The van der Waals surface area contributed by atoms with E-state index in [2.05, 4.69) is 4.72 Å². The van der Waals surface area contributed by atoms with Crippen molar-refractivity contribution in [1.82, 2.24) is 9.80 Å². The Bertz CT molecular complexity index is 1550. The van der Waals surface area contributed by atoms with Crippen LogP contribution in [0.5, 0.6) is 11.5 Å². The number of para-hydroxylation sites is 1. The summed E-state index contributed by atoms with van der Waals surface area (Å²) in [7, 11) is -2.41. The van der Waals surface area contributed by atoms with Gasteiger partial charge < -0.3 is 19.3 Å². The normalized spacial score (nSPS) is 14.3. The van der Waals surface area contributed by atoms with Gasteiger partial charge in [-0.3, -0.25) is 9.52 Å². The number of nitrogens with one attached hydrogen (secondary N) is 1. The number of halogens is 2. The number of likely N-dealkylation sites (tertiary alicyclic amines) is 1. The van der Waals surface area contributed by atoms with E-state index in [4.69, 9.17) is 32.7 Å². The molecule has 1 saturated heterocycles. The van der Waals surface area contributed by atoms with Gasteiger partial charge in [0.05, 0.1) is 21.2 Å². The Morgan fingerprint density at radius 3 is 2.24 bits per heavy atom. The molecule has 0 saturated carbocycles. The second-order valence-electron chi connectivity index (χ2n) is 10.9. The van der Waals surface area contributed by atoms with E-state index in [1.165, 1.54) is 42.5 Å². The number of hydrogen-bond acceptors (Lipinski definition) is 6. The third kappa shape index (κ3) is 7.87. The van der Waals surface area contributed by atoms with E-state index in [0.29, 0.717) is 42.5 Å². The fraction of sp³-hybridized carbons (Fsp3) is 0.333. The minimum Gasteiger partial charge on any atom is -0.456 e. The van der Waals surface area contributed by atoms with E-state index in [9.17, 15) is 18.0 Å². The maximum absolute atomic E-state index is 13.6. The number of anilines is 1. The highest BCUT2D eigenvalue weighted by molar-refractivity contribution is 7.92. The van der Waals surface area contributed by atoms with Crippen molar-refractivity contribution in [3.63, 3.8) is 0 Å². The molecule has 42 heavy (non-hydrogen) atoms. The highest BCUT2D eigenvalue weighted by Gasteiger charge is 2.31. The topological polar surface area (TPSA) is 105 Å². The van der Waals surface area contributed by atoms with Crippen LogP contribution >= 0.6 is 23.2 Å². The van der Waals surface area contributed by atoms with E-state index in [0.717, 1.165) is 0 Å². The number of carbonyl (C=O) groups excluding carboxylic acids is 2. The number of amides is 2. The van der Waals surface area contributed by atoms with Crippen LogP contribution in [-0.2, 0) is 14.8 Å². The van der Waals surface area contributed by atoms with Crippen molar-refractivity contribution in [2.75, 3.05) is 24.9 Å². The van der Waals surface area contributed by atoms with Crippen molar-refractivity contribution in [1.29, 1.82) is 0 Å². The van der Waals surface area contributed by atoms with Gasteiger partial charge in [0, 0.05) is 31.2 Å². The Balaban J connectivity index is 1.46. The second-order valence-corrected chi connectivity index (χ2v) is 13.4. The zero-order valence-corrected chi connectivity index (χ0v) is 26.1. The number of nitrogens with zero attached hydrogens (tertiary/aromatic N) is 2. The number of hydrogen-bond donors (Lipinski definition) is 1. The molecule has 0 aromatic heterocycles. The van der Waals surface area contributed by atoms with Crippen LogP contribution in [0.15, 0.2) is 71.6 Å². The van der Waals surface area contributed by atoms with Crippen LogP contribution in [0.4, 0.5) is 10.5 Å². The largest absolute Gasteiger partial charge is 0.456 e. The number of ether oxygens (including phenoxy) is 2. The van der Waals surface area contributed by atoms with Crippen LogP contribution in [-0.4, -0.2) is 62.0 Å². The van der Waals surface area contributed by atoms with Crippen LogP contribution in [0, 0.1) is 0 Å². The maximum Gasteiger partial charge on any atom is 0.410 e. The minimum absolute atomic E-state index is 0.0229. The summed E-state index contributed by atoms with van der Waals surface area (Å²) in [4.78, 5) is 29.2. The monoisotopic (exact) mass is 633 g/mol. The summed E-state index contributed by atoms with van der Waals surface area (Å²) in [5.74, 6) is 0.454. The molecule has 1 heterocycles. The van der Waals surface area contributed by atoms with Crippen molar-refractivity contribution in [3.05, 3.63) is 82.3 Å². The van der Waals surface area contributed by atoms with Gasteiger partial charge in [-0.15, -0.1) is 0 Å². The van der Waals surface area contributed by atoms with Gasteiger partial charge in [0.1, 0.15) is 17.1 Å². The first kappa shape index (κ1) is 31.5. The Morgan fingerprint density at radius 2 is 1.62 bits per heavy atom. The molecule has 1 aliphatic rings. The fourth-order valence-electron chi connectivity index (χ4n) is 4.45. The van der Waals surface area contributed by atoms with E-state index in [-0.39, 0.29) is 33.3 Å². The quantitative estimate of drug-likeness (QED) is 0.299. The number of benzene rings is 3. The molecule has 4 rings (SSSR count). The summed E-state index contributed by atoms with van der Waals surface area (Å²) >= 11 is 12.4. The molecule has 224 valence electrons. The van der Waals surface area contributed by atoms with E-state index < -0.39 is 21.5 Å². The summed E-state index contributed by atoms with van der Waals surface area (Å²) in [5, 5.41) is 0.713. The molecule has 0 unspecified atom stereocenters. The second kappa shape index (κ2) is 12.8. The standard InChI is InChI=1S/C30H33Cl2N3O6S/c1-30(2,3)41-29(37)35-17-15-21(16-18-35)34(4)28(36)24-19-20(31)9-14-26(24)33-42(38,39)23-12-10-22(11-13-23)40-27-8-6-5-7-25(27)32/h5-14,19,21,33H,15-18H2,1-4H3. The molecule has 9 nitrogen and oxygen atoms in total.